The lowest BCUT2D eigenvalue weighted by atomic mass is 9.77. The van der Waals surface area contributed by atoms with Crippen LogP contribution in [0, 0.1) is 0 Å². The summed E-state index contributed by atoms with van der Waals surface area (Å²) in [6, 6.07) is 25.0. The smallest absolute Gasteiger partial charge is 0.307 e. The first kappa shape index (κ1) is 27.9. The van der Waals surface area contributed by atoms with Crippen LogP contribution < -0.4 is 5.32 Å². The Morgan fingerprint density at radius 2 is 1.79 bits per heavy atom. The summed E-state index contributed by atoms with van der Waals surface area (Å²) < 4.78 is 4.64. The summed E-state index contributed by atoms with van der Waals surface area (Å²) in [4.78, 5) is 27.4. The van der Waals surface area contributed by atoms with Crippen LogP contribution in [0.5, 0.6) is 0 Å². The molecule has 2 N–H and O–H groups in total. The molecular formula is C34H38N2O3. The van der Waals surface area contributed by atoms with Gasteiger partial charge in [0, 0.05) is 35.1 Å². The fourth-order valence-corrected chi connectivity index (χ4v) is 5.10. The molecule has 39 heavy (non-hydrogen) atoms. The van der Waals surface area contributed by atoms with Crippen molar-refractivity contribution in [2.45, 2.75) is 51.4 Å². The molecule has 4 rings (SSSR count). The zero-order chi connectivity index (χ0) is 27.6. The Morgan fingerprint density at radius 3 is 2.56 bits per heavy atom. The highest BCUT2D eigenvalue weighted by Gasteiger charge is 2.26. The number of hydrogen-bond donors (Lipinski definition) is 2. The molecule has 0 saturated heterocycles. The van der Waals surface area contributed by atoms with Crippen LogP contribution in [0.1, 0.15) is 84.0 Å². The number of carbonyl (C=O) groups excluding carboxylic acids is 2. The SMILES string of the molecule is CCCCC=Cc1cccc(C(c2c[nH]c3ccccc23)C(C)c2ccc(C(=O)NCCC(=O)OC)cc2)c1. The van der Waals surface area contributed by atoms with Crippen molar-refractivity contribution in [2.24, 2.45) is 0 Å². The molecule has 0 fully saturated rings. The molecule has 2 atom stereocenters. The lowest BCUT2D eigenvalue weighted by Gasteiger charge is -2.26. The van der Waals surface area contributed by atoms with Crippen molar-refractivity contribution in [1.29, 1.82) is 0 Å². The number of ether oxygens (including phenoxy) is 1. The second kappa shape index (κ2) is 13.6. The predicted molar refractivity (Wildman–Crippen MR) is 159 cm³/mol. The normalized spacial score (nSPS) is 12.9. The number of aromatic amines is 1. The van der Waals surface area contributed by atoms with Crippen molar-refractivity contribution < 1.29 is 14.3 Å². The molecule has 4 aromatic rings. The Morgan fingerprint density at radius 1 is 1.00 bits per heavy atom. The maximum absolute atomic E-state index is 12.6. The Bertz CT molecular complexity index is 1420. The Balaban J connectivity index is 1.62. The number of para-hydroxylation sites is 1. The Kier molecular flexibility index (Phi) is 9.74. The number of unbranched alkanes of at least 4 members (excludes halogenated alkanes) is 2. The van der Waals surface area contributed by atoms with Gasteiger partial charge in [0.15, 0.2) is 0 Å². The number of aromatic nitrogens is 1. The van der Waals surface area contributed by atoms with E-state index >= 15 is 0 Å². The van der Waals surface area contributed by atoms with Gasteiger partial charge >= 0.3 is 5.97 Å². The van der Waals surface area contributed by atoms with Crippen molar-refractivity contribution in [2.75, 3.05) is 13.7 Å². The first-order valence-electron chi connectivity index (χ1n) is 13.8. The van der Waals surface area contributed by atoms with Crippen molar-refractivity contribution in [3.63, 3.8) is 0 Å². The molecule has 0 saturated carbocycles. The van der Waals surface area contributed by atoms with Gasteiger partial charge in [-0.2, -0.15) is 0 Å². The number of amides is 1. The number of carbonyl (C=O) groups is 2. The second-order valence-electron chi connectivity index (χ2n) is 9.97. The third-order valence-electron chi connectivity index (χ3n) is 7.30. The van der Waals surface area contributed by atoms with E-state index in [1.807, 2.05) is 24.3 Å². The molecule has 5 nitrogen and oxygen atoms in total. The highest BCUT2D eigenvalue weighted by molar-refractivity contribution is 5.94. The van der Waals surface area contributed by atoms with Crippen LogP contribution in [0.15, 0.2) is 85.1 Å². The minimum atomic E-state index is -0.344. The monoisotopic (exact) mass is 522 g/mol. The molecule has 0 aliphatic rings. The molecule has 1 heterocycles. The largest absolute Gasteiger partial charge is 0.469 e. The number of fused-ring (bicyclic) bond motifs is 1. The van der Waals surface area contributed by atoms with Crippen LogP contribution in [-0.4, -0.2) is 30.5 Å². The van der Waals surface area contributed by atoms with Crippen LogP contribution in [0.2, 0.25) is 0 Å². The topological polar surface area (TPSA) is 71.2 Å². The Hall–Kier alpha value is -4.12. The van der Waals surface area contributed by atoms with Gasteiger partial charge in [0.1, 0.15) is 0 Å². The first-order valence-corrected chi connectivity index (χ1v) is 13.8. The Labute approximate surface area is 231 Å². The van der Waals surface area contributed by atoms with Crippen LogP contribution >= 0.6 is 0 Å². The first-order chi connectivity index (χ1) is 19.0. The van der Waals surface area contributed by atoms with Crippen molar-refractivity contribution in [3.8, 4) is 0 Å². The number of methoxy groups -OCH3 is 1. The van der Waals surface area contributed by atoms with Crippen molar-refractivity contribution >= 4 is 28.9 Å². The average molecular weight is 523 g/mol. The third-order valence-corrected chi connectivity index (χ3v) is 7.30. The van der Waals surface area contributed by atoms with E-state index in [1.165, 1.54) is 42.0 Å². The van der Waals surface area contributed by atoms with Crippen LogP contribution in [0.3, 0.4) is 0 Å². The molecule has 3 aromatic carbocycles. The summed E-state index contributed by atoms with van der Waals surface area (Å²) in [6.45, 7) is 4.71. The fourth-order valence-electron chi connectivity index (χ4n) is 5.10. The van der Waals surface area contributed by atoms with E-state index in [2.05, 4.69) is 95.8 Å². The maximum atomic E-state index is 12.6. The second-order valence-corrected chi connectivity index (χ2v) is 9.97. The van der Waals surface area contributed by atoms with E-state index < -0.39 is 0 Å². The number of H-pyrrole nitrogens is 1. The number of rotatable bonds is 12. The van der Waals surface area contributed by atoms with Gasteiger partial charge in [-0.1, -0.05) is 93.4 Å². The van der Waals surface area contributed by atoms with E-state index in [1.54, 1.807) is 0 Å². The average Bonchev–Trinajstić information content (AvgIpc) is 3.39. The van der Waals surface area contributed by atoms with Gasteiger partial charge < -0.3 is 15.0 Å². The van der Waals surface area contributed by atoms with Crippen LogP contribution in [-0.2, 0) is 9.53 Å². The summed E-state index contributed by atoms with van der Waals surface area (Å²) >= 11 is 0. The summed E-state index contributed by atoms with van der Waals surface area (Å²) in [5.74, 6) is -0.276. The quantitative estimate of drug-likeness (QED) is 0.149. The highest BCUT2D eigenvalue weighted by Crippen LogP contribution is 2.41. The molecule has 1 amide bonds. The summed E-state index contributed by atoms with van der Waals surface area (Å²) in [5, 5.41) is 4.01. The predicted octanol–water partition coefficient (Wildman–Crippen LogP) is 7.60. The van der Waals surface area contributed by atoms with Crippen LogP contribution in [0.4, 0.5) is 0 Å². The number of hydrogen-bond acceptors (Lipinski definition) is 3. The lowest BCUT2D eigenvalue weighted by Crippen LogP contribution is -2.26. The molecule has 5 heteroatoms. The number of nitrogens with one attached hydrogen (secondary N) is 2. The molecule has 1 aromatic heterocycles. The standard InChI is InChI=1S/C34H38N2O3/c1-4-5-6-7-11-25-12-10-13-28(22-25)33(30-23-36-31-15-9-8-14-29(30)31)24(2)26-16-18-27(19-17-26)34(38)35-21-20-32(37)39-3/h7-19,22-24,33,36H,4-6,20-21H2,1-3H3,(H,35,38). The number of allylic oxidation sites excluding steroid dienone is 1. The maximum Gasteiger partial charge on any atom is 0.307 e. The highest BCUT2D eigenvalue weighted by atomic mass is 16.5. The van der Waals surface area contributed by atoms with E-state index in [0.717, 1.165) is 17.5 Å². The summed E-state index contributed by atoms with van der Waals surface area (Å²) in [6.07, 6.45) is 10.3. The van der Waals surface area contributed by atoms with E-state index in [0.29, 0.717) is 5.56 Å². The van der Waals surface area contributed by atoms with E-state index in [-0.39, 0.29) is 36.7 Å². The fraction of sp³-hybridized carbons (Fsp3) is 0.294. The molecule has 0 bridgehead atoms. The molecule has 0 aliphatic heterocycles. The van der Waals surface area contributed by atoms with Crippen molar-refractivity contribution in [3.05, 3.63) is 113 Å². The molecule has 2 unspecified atom stereocenters. The van der Waals surface area contributed by atoms with Crippen molar-refractivity contribution in [1.82, 2.24) is 10.3 Å². The molecular weight excluding hydrogens is 484 g/mol. The molecule has 0 aliphatic carbocycles. The van der Waals surface area contributed by atoms with E-state index in [9.17, 15) is 9.59 Å². The number of benzene rings is 3. The minimum absolute atomic E-state index is 0.116. The van der Waals surface area contributed by atoms with Gasteiger partial charge in [-0.15, -0.1) is 0 Å². The summed E-state index contributed by atoms with van der Waals surface area (Å²) in [7, 11) is 1.34. The van der Waals surface area contributed by atoms with Gasteiger partial charge in [-0.3, -0.25) is 9.59 Å². The van der Waals surface area contributed by atoms with Gasteiger partial charge in [0.2, 0.25) is 0 Å². The molecule has 202 valence electrons. The van der Waals surface area contributed by atoms with Gasteiger partial charge in [0.05, 0.1) is 13.5 Å². The lowest BCUT2D eigenvalue weighted by molar-refractivity contribution is -0.140. The zero-order valence-electron chi connectivity index (χ0n) is 23.1. The van der Waals surface area contributed by atoms with E-state index in [4.69, 9.17) is 0 Å². The zero-order valence-corrected chi connectivity index (χ0v) is 23.1. The van der Waals surface area contributed by atoms with Gasteiger partial charge in [-0.05, 0) is 52.8 Å². The van der Waals surface area contributed by atoms with Gasteiger partial charge in [0.25, 0.3) is 5.91 Å². The third kappa shape index (κ3) is 7.05. The molecule has 0 radical (unpaired) electrons. The van der Waals surface area contributed by atoms with Crippen LogP contribution in [0.25, 0.3) is 17.0 Å². The summed E-state index contributed by atoms with van der Waals surface area (Å²) in [5.41, 5.74) is 6.57. The van der Waals surface area contributed by atoms with Gasteiger partial charge in [-0.25, -0.2) is 0 Å². The number of esters is 1. The molecule has 0 spiro atoms. The minimum Gasteiger partial charge on any atom is -0.469 e.